The lowest BCUT2D eigenvalue weighted by Gasteiger charge is -2.46. The number of nitrogens with zero attached hydrogens (tertiary/aromatic N) is 3. The molecule has 10 aromatic rings. The van der Waals surface area contributed by atoms with E-state index in [1.54, 1.807) is 0 Å². The Morgan fingerprint density at radius 3 is 1.19 bits per heavy atom. The van der Waals surface area contributed by atoms with Gasteiger partial charge in [0.05, 0.1) is 28.1 Å². The van der Waals surface area contributed by atoms with Crippen LogP contribution in [0.15, 0.2) is 182 Å². The molecule has 12 rings (SSSR count). The summed E-state index contributed by atoms with van der Waals surface area (Å²) in [6, 6.07) is 68.4. The minimum absolute atomic E-state index is 0.0178. The molecule has 1 aromatic heterocycles. The molecule has 4 heteroatoms. The summed E-state index contributed by atoms with van der Waals surface area (Å²) in [5.74, 6) is 0. The second-order valence-corrected chi connectivity index (χ2v) is 19.4. The minimum Gasteiger partial charge on any atom is -0.311 e. The van der Waals surface area contributed by atoms with Crippen LogP contribution in [0.25, 0.3) is 49.0 Å². The molecule has 0 N–H and O–H groups in total. The van der Waals surface area contributed by atoms with Gasteiger partial charge < -0.3 is 14.4 Å². The summed E-state index contributed by atoms with van der Waals surface area (Å²) in [4.78, 5) is 5.23. The van der Waals surface area contributed by atoms with E-state index in [9.17, 15) is 0 Å². The van der Waals surface area contributed by atoms with Crippen LogP contribution in [0.5, 0.6) is 0 Å². The molecule has 0 aliphatic carbocycles. The van der Waals surface area contributed by atoms with E-state index in [1.165, 1.54) is 105 Å². The number of benzene rings is 9. The van der Waals surface area contributed by atoms with Crippen LogP contribution < -0.4 is 26.2 Å². The van der Waals surface area contributed by atoms with Crippen LogP contribution in [-0.4, -0.2) is 11.3 Å². The smallest absolute Gasteiger partial charge is 0.252 e. The average molecular weight is 798 g/mol. The summed E-state index contributed by atoms with van der Waals surface area (Å²) in [5, 5.41) is 7.62. The van der Waals surface area contributed by atoms with Gasteiger partial charge in [-0.3, -0.25) is 0 Å². The van der Waals surface area contributed by atoms with Crippen molar-refractivity contribution in [3.8, 4) is 5.69 Å². The van der Waals surface area contributed by atoms with Crippen molar-refractivity contribution in [1.29, 1.82) is 0 Å². The van der Waals surface area contributed by atoms with Crippen LogP contribution >= 0.6 is 0 Å². The molecule has 2 aliphatic heterocycles. The molecule has 2 aliphatic rings. The van der Waals surface area contributed by atoms with Gasteiger partial charge in [-0.15, -0.1) is 0 Å². The van der Waals surface area contributed by atoms with Crippen LogP contribution in [0.1, 0.15) is 52.7 Å². The third kappa shape index (κ3) is 5.26. The Morgan fingerprint density at radius 2 is 0.742 bits per heavy atom. The molecule has 298 valence electrons. The zero-order valence-corrected chi connectivity index (χ0v) is 36.2. The second-order valence-electron chi connectivity index (χ2n) is 19.4. The van der Waals surface area contributed by atoms with Gasteiger partial charge in [0.15, 0.2) is 0 Å². The van der Waals surface area contributed by atoms with Crippen LogP contribution in [-0.2, 0) is 10.8 Å². The third-order valence-electron chi connectivity index (χ3n) is 13.5. The fourth-order valence-electron chi connectivity index (χ4n) is 11.2. The molecule has 0 bridgehead atoms. The van der Waals surface area contributed by atoms with E-state index >= 15 is 0 Å². The molecule has 9 aromatic carbocycles. The summed E-state index contributed by atoms with van der Waals surface area (Å²) >= 11 is 0. The minimum atomic E-state index is -0.155. The number of anilines is 6. The molecular formula is C58H48BN3. The van der Waals surface area contributed by atoms with Crippen molar-refractivity contribution in [2.24, 2.45) is 0 Å². The fraction of sp³-hybridized carbons (Fsp3) is 0.138. The molecule has 0 saturated heterocycles. The Balaban J connectivity index is 1.27. The third-order valence-corrected chi connectivity index (χ3v) is 13.5. The van der Waals surface area contributed by atoms with Crippen LogP contribution in [0, 0.1) is 0 Å². The maximum absolute atomic E-state index is 2.62. The Labute approximate surface area is 364 Å². The molecule has 0 fully saturated rings. The van der Waals surface area contributed by atoms with Crippen LogP contribution in [0.2, 0.25) is 0 Å². The molecule has 0 unspecified atom stereocenters. The van der Waals surface area contributed by atoms with Gasteiger partial charge in [-0.2, -0.15) is 0 Å². The van der Waals surface area contributed by atoms with Gasteiger partial charge in [0.1, 0.15) is 0 Å². The lowest BCUT2D eigenvalue weighted by molar-refractivity contribution is 0.596. The van der Waals surface area contributed by atoms with Gasteiger partial charge in [-0.25, -0.2) is 0 Å². The van der Waals surface area contributed by atoms with Crippen LogP contribution in [0.4, 0.5) is 34.1 Å². The molecule has 3 nitrogen and oxygen atoms in total. The summed E-state index contributed by atoms with van der Waals surface area (Å²) in [5.41, 5.74) is 17.2. The largest absolute Gasteiger partial charge is 0.311 e. The number of hydrogen-bond donors (Lipinski definition) is 0. The predicted molar refractivity (Wildman–Crippen MR) is 267 cm³/mol. The van der Waals surface area contributed by atoms with Crippen molar-refractivity contribution in [3.05, 3.63) is 193 Å². The normalized spacial score (nSPS) is 13.5. The fourth-order valence-corrected chi connectivity index (χ4v) is 11.2. The Morgan fingerprint density at radius 1 is 0.355 bits per heavy atom. The lowest BCUT2D eigenvalue weighted by atomic mass is 9.33. The van der Waals surface area contributed by atoms with E-state index in [-0.39, 0.29) is 17.5 Å². The van der Waals surface area contributed by atoms with E-state index in [4.69, 9.17) is 0 Å². The van der Waals surface area contributed by atoms with Crippen LogP contribution in [0.3, 0.4) is 0 Å². The standard InChI is InChI=1S/C58H48BN3/c1-57(2,3)54-40-21-9-7-19-37(40)31-33-50(54)61-48-29-17-13-25-44(48)59-45-26-14-18-30-49(45)62(51-34-32-38-20-8-10-22-41(38)55(51)58(4,5)6)53-36-39(35-52(61)56(53)59)60-46-27-15-11-23-42(46)43-24-12-16-28-47(43)60/h7-36H,1-6H3. The van der Waals surface area contributed by atoms with E-state index in [0.29, 0.717) is 0 Å². The highest BCUT2D eigenvalue weighted by atomic mass is 15.2. The number of fused-ring (bicyclic) bond motifs is 9. The van der Waals surface area contributed by atoms with E-state index in [0.717, 1.165) is 5.69 Å². The first-order valence-electron chi connectivity index (χ1n) is 22.1. The molecule has 0 spiro atoms. The quantitative estimate of drug-likeness (QED) is 0.165. The highest BCUT2D eigenvalue weighted by Gasteiger charge is 2.45. The summed E-state index contributed by atoms with van der Waals surface area (Å²) in [6.07, 6.45) is 0. The number of hydrogen-bond acceptors (Lipinski definition) is 2. The van der Waals surface area contributed by atoms with E-state index in [2.05, 4.69) is 238 Å². The van der Waals surface area contributed by atoms with Crippen molar-refractivity contribution < 1.29 is 0 Å². The van der Waals surface area contributed by atoms with Crippen molar-refractivity contribution >= 4 is 101 Å². The zero-order valence-electron chi connectivity index (χ0n) is 36.2. The van der Waals surface area contributed by atoms with Crippen molar-refractivity contribution in [3.63, 3.8) is 0 Å². The van der Waals surface area contributed by atoms with E-state index in [1.807, 2.05) is 0 Å². The average Bonchev–Trinajstić information content (AvgIpc) is 3.62. The molecule has 0 amide bonds. The maximum Gasteiger partial charge on any atom is 0.252 e. The molecule has 3 heterocycles. The molecule has 0 atom stereocenters. The molecule has 62 heavy (non-hydrogen) atoms. The molecule has 0 saturated carbocycles. The van der Waals surface area contributed by atoms with Crippen molar-refractivity contribution in [2.75, 3.05) is 9.80 Å². The highest BCUT2D eigenvalue weighted by molar-refractivity contribution is 7.00. The van der Waals surface area contributed by atoms with E-state index < -0.39 is 0 Å². The topological polar surface area (TPSA) is 11.4 Å². The maximum atomic E-state index is 2.62. The second kappa shape index (κ2) is 13.2. The summed E-state index contributed by atoms with van der Waals surface area (Å²) in [6.45, 7) is 14.2. The lowest BCUT2D eigenvalue weighted by Crippen LogP contribution is -2.61. The first-order valence-corrected chi connectivity index (χ1v) is 22.1. The van der Waals surface area contributed by atoms with Gasteiger partial charge in [0.2, 0.25) is 0 Å². The van der Waals surface area contributed by atoms with Gasteiger partial charge in [-0.1, -0.05) is 175 Å². The first-order chi connectivity index (χ1) is 30.1. The first kappa shape index (κ1) is 36.8. The number of aromatic nitrogens is 1. The summed E-state index contributed by atoms with van der Waals surface area (Å²) in [7, 11) is 0. The number of rotatable bonds is 3. The van der Waals surface area contributed by atoms with Crippen molar-refractivity contribution in [2.45, 2.75) is 52.4 Å². The Bertz CT molecular complexity index is 3250. The zero-order chi connectivity index (χ0) is 42.1. The Kier molecular flexibility index (Phi) is 7.85. The molecule has 0 radical (unpaired) electrons. The van der Waals surface area contributed by atoms with Gasteiger partial charge in [0.25, 0.3) is 6.71 Å². The monoisotopic (exact) mass is 797 g/mol. The van der Waals surface area contributed by atoms with Gasteiger partial charge >= 0.3 is 0 Å². The SMILES string of the molecule is CC(C)(C)c1c(N2c3ccccc3B3c4ccccc4N(c4ccc5ccccc5c4C(C)(C)C)c4cc(-n5c6ccccc6c6ccccc65)cc2c43)ccc2ccccc12. The number of para-hydroxylation sites is 4. The Hall–Kier alpha value is -7.04. The predicted octanol–water partition coefficient (Wildman–Crippen LogP) is 13.8. The summed E-state index contributed by atoms with van der Waals surface area (Å²) < 4.78 is 2.50. The van der Waals surface area contributed by atoms with Gasteiger partial charge in [0, 0.05) is 33.5 Å². The van der Waals surface area contributed by atoms with Crippen molar-refractivity contribution in [1.82, 2.24) is 4.57 Å². The molecular weight excluding hydrogens is 749 g/mol. The van der Waals surface area contributed by atoms with Gasteiger partial charge in [-0.05, 0) is 108 Å². The highest BCUT2D eigenvalue weighted by Crippen LogP contribution is 2.51.